The summed E-state index contributed by atoms with van der Waals surface area (Å²) >= 11 is 0. The molecule has 0 atom stereocenters. The summed E-state index contributed by atoms with van der Waals surface area (Å²) in [5, 5.41) is 0. The summed E-state index contributed by atoms with van der Waals surface area (Å²) < 4.78 is 5.43. The molecule has 0 unspecified atom stereocenters. The number of piperazine rings is 1. The van der Waals surface area contributed by atoms with Crippen molar-refractivity contribution in [3.63, 3.8) is 0 Å². The van der Waals surface area contributed by atoms with Crippen molar-refractivity contribution >= 4 is 5.91 Å². The molecule has 0 N–H and O–H groups in total. The van der Waals surface area contributed by atoms with E-state index in [2.05, 4.69) is 24.5 Å². The Morgan fingerprint density at radius 1 is 0.690 bits per heavy atom. The lowest BCUT2D eigenvalue weighted by atomic mass is 10.00. The first-order valence-electron chi connectivity index (χ1n) is 12.0. The van der Waals surface area contributed by atoms with Gasteiger partial charge >= 0.3 is 0 Å². The molecule has 0 radical (unpaired) electrons. The molecule has 0 bridgehead atoms. The van der Waals surface area contributed by atoms with Gasteiger partial charge in [0.2, 0.25) is 5.91 Å². The predicted octanol–water partition coefficient (Wildman–Crippen LogP) is 0.413. The number of hydrogen-bond donors (Lipinski definition) is 0. The van der Waals surface area contributed by atoms with Crippen molar-refractivity contribution in [3.8, 4) is 0 Å². The normalized spacial score (nSPS) is 27.4. The second-order valence-corrected chi connectivity index (χ2v) is 9.28. The van der Waals surface area contributed by atoms with Gasteiger partial charge in [0.05, 0.1) is 19.8 Å². The maximum absolute atomic E-state index is 12.8. The number of hydrogen-bond acceptors (Lipinski definition) is 6. The number of likely N-dealkylation sites (tertiary alicyclic amines) is 2. The van der Waals surface area contributed by atoms with Gasteiger partial charge in [-0.1, -0.05) is 6.42 Å². The summed E-state index contributed by atoms with van der Waals surface area (Å²) in [5.41, 5.74) is 0. The summed E-state index contributed by atoms with van der Waals surface area (Å²) in [6, 6.07) is 0.717. The Morgan fingerprint density at radius 3 is 1.93 bits per heavy atom. The molecule has 0 aromatic heterocycles. The fourth-order valence-corrected chi connectivity index (χ4v) is 5.33. The molecular weight excluding hydrogens is 366 g/mol. The van der Waals surface area contributed by atoms with Gasteiger partial charge in [-0.3, -0.25) is 19.5 Å². The van der Waals surface area contributed by atoms with E-state index >= 15 is 0 Å². The van der Waals surface area contributed by atoms with Gasteiger partial charge in [-0.25, -0.2) is 0 Å². The number of rotatable bonds is 6. The SMILES string of the molecule is O=C(CN1CCN(CCN2CCOCC2)CC1)N1CCC(N2CCCCC2)CC1. The molecular formula is C22H41N5O2. The number of carbonyl (C=O) groups is 1. The third-order valence-corrected chi connectivity index (χ3v) is 7.38. The molecule has 7 nitrogen and oxygen atoms in total. The van der Waals surface area contributed by atoms with Crippen LogP contribution in [0.4, 0.5) is 0 Å². The van der Waals surface area contributed by atoms with E-state index < -0.39 is 0 Å². The van der Waals surface area contributed by atoms with Gasteiger partial charge in [-0.15, -0.1) is 0 Å². The second kappa shape index (κ2) is 11.0. The Hall–Kier alpha value is -0.730. The number of carbonyl (C=O) groups excluding carboxylic acids is 1. The van der Waals surface area contributed by atoms with E-state index in [1.165, 1.54) is 45.2 Å². The lowest BCUT2D eigenvalue weighted by Gasteiger charge is -2.41. The number of morpholine rings is 1. The highest BCUT2D eigenvalue weighted by Crippen LogP contribution is 2.21. The van der Waals surface area contributed by atoms with Crippen LogP contribution in [0.2, 0.25) is 0 Å². The van der Waals surface area contributed by atoms with Crippen molar-refractivity contribution < 1.29 is 9.53 Å². The van der Waals surface area contributed by atoms with Crippen LogP contribution >= 0.6 is 0 Å². The van der Waals surface area contributed by atoms with Crippen molar-refractivity contribution in [2.24, 2.45) is 0 Å². The Labute approximate surface area is 176 Å². The minimum absolute atomic E-state index is 0.351. The molecule has 29 heavy (non-hydrogen) atoms. The Bertz CT molecular complexity index is 491. The van der Waals surface area contributed by atoms with E-state index in [0.29, 0.717) is 12.5 Å². The summed E-state index contributed by atoms with van der Waals surface area (Å²) in [6.07, 6.45) is 6.45. The maximum Gasteiger partial charge on any atom is 0.236 e. The summed E-state index contributed by atoms with van der Waals surface area (Å²) in [5.74, 6) is 0.351. The molecule has 1 amide bonds. The molecule has 0 spiro atoms. The smallest absolute Gasteiger partial charge is 0.236 e. The molecule has 0 aliphatic carbocycles. The van der Waals surface area contributed by atoms with Crippen molar-refractivity contribution in [2.45, 2.75) is 38.1 Å². The van der Waals surface area contributed by atoms with Gasteiger partial charge in [-0.2, -0.15) is 0 Å². The average molecular weight is 408 g/mol. The summed E-state index contributed by atoms with van der Waals surface area (Å²) in [6.45, 7) is 15.5. The standard InChI is InChI=1S/C22H41N5O2/c28-22(27-8-4-21(5-9-27)26-6-2-1-3-7-26)20-25-14-12-23(13-15-25)10-11-24-16-18-29-19-17-24/h21H,1-20H2. The van der Waals surface area contributed by atoms with Crippen LogP contribution in [-0.4, -0.2) is 135 Å². The highest BCUT2D eigenvalue weighted by atomic mass is 16.5. The Morgan fingerprint density at radius 2 is 1.28 bits per heavy atom. The number of nitrogens with zero attached hydrogens (tertiary/aromatic N) is 5. The topological polar surface area (TPSA) is 42.5 Å². The molecule has 4 aliphatic rings. The molecule has 7 heteroatoms. The molecule has 0 aromatic carbocycles. The fraction of sp³-hybridized carbons (Fsp3) is 0.955. The quantitative estimate of drug-likeness (QED) is 0.636. The molecule has 4 saturated heterocycles. The molecule has 0 aromatic rings. The van der Waals surface area contributed by atoms with Gasteiger partial charge in [0.1, 0.15) is 0 Å². The van der Waals surface area contributed by atoms with Gasteiger partial charge in [0.25, 0.3) is 0 Å². The van der Waals surface area contributed by atoms with Crippen LogP contribution in [0.5, 0.6) is 0 Å². The first-order chi connectivity index (χ1) is 14.3. The predicted molar refractivity (Wildman–Crippen MR) is 115 cm³/mol. The van der Waals surface area contributed by atoms with Crippen molar-refractivity contribution in [3.05, 3.63) is 0 Å². The summed E-state index contributed by atoms with van der Waals surface area (Å²) in [4.78, 5) is 25.0. The van der Waals surface area contributed by atoms with Crippen LogP contribution in [0.1, 0.15) is 32.1 Å². The zero-order valence-electron chi connectivity index (χ0n) is 18.3. The highest BCUT2D eigenvalue weighted by Gasteiger charge is 2.29. The zero-order valence-corrected chi connectivity index (χ0v) is 18.3. The van der Waals surface area contributed by atoms with E-state index in [-0.39, 0.29) is 0 Å². The van der Waals surface area contributed by atoms with Crippen LogP contribution in [0.3, 0.4) is 0 Å². The van der Waals surface area contributed by atoms with Crippen molar-refractivity contribution in [1.82, 2.24) is 24.5 Å². The first kappa shape index (κ1) is 21.5. The van der Waals surface area contributed by atoms with Crippen LogP contribution in [0.15, 0.2) is 0 Å². The minimum Gasteiger partial charge on any atom is -0.379 e. The Balaban J connectivity index is 1.10. The van der Waals surface area contributed by atoms with Crippen molar-refractivity contribution in [1.29, 1.82) is 0 Å². The first-order valence-corrected chi connectivity index (χ1v) is 12.0. The van der Waals surface area contributed by atoms with E-state index in [4.69, 9.17) is 4.74 Å². The molecule has 4 aliphatic heterocycles. The number of amides is 1. The van der Waals surface area contributed by atoms with Gasteiger partial charge in [-0.05, 0) is 38.8 Å². The van der Waals surface area contributed by atoms with Gasteiger partial charge in [0.15, 0.2) is 0 Å². The van der Waals surface area contributed by atoms with Gasteiger partial charge < -0.3 is 14.5 Å². The average Bonchev–Trinajstić information content (AvgIpc) is 2.80. The maximum atomic E-state index is 12.8. The van der Waals surface area contributed by atoms with E-state index in [9.17, 15) is 4.79 Å². The van der Waals surface area contributed by atoms with Crippen LogP contribution in [0, 0.1) is 0 Å². The summed E-state index contributed by atoms with van der Waals surface area (Å²) in [7, 11) is 0. The fourth-order valence-electron chi connectivity index (χ4n) is 5.33. The molecule has 166 valence electrons. The minimum atomic E-state index is 0.351. The molecule has 4 heterocycles. The zero-order chi connectivity index (χ0) is 19.9. The third-order valence-electron chi connectivity index (χ3n) is 7.38. The second-order valence-electron chi connectivity index (χ2n) is 9.28. The molecule has 0 saturated carbocycles. The number of ether oxygens (including phenoxy) is 1. The highest BCUT2D eigenvalue weighted by molar-refractivity contribution is 5.78. The lowest BCUT2D eigenvalue weighted by molar-refractivity contribution is -0.134. The molecule has 4 fully saturated rings. The molecule has 4 rings (SSSR count). The van der Waals surface area contributed by atoms with Crippen LogP contribution < -0.4 is 0 Å². The Kier molecular flexibility index (Phi) is 8.19. The number of piperidine rings is 2. The van der Waals surface area contributed by atoms with E-state index in [1.807, 2.05) is 0 Å². The van der Waals surface area contributed by atoms with Crippen LogP contribution in [0.25, 0.3) is 0 Å². The van der Waals surface area contributed by atoms with Crippen LogP contribution in [-0.2, 0) is 9.53 Å². The lowest BCUT2D eigenvalue weighted by Crippen LogP contribution is -2.53. The monoisotopic (exact) mass is 407 g/mol. The van der Waals surface area contributed by atoms with E-state index in [0.717, 1.165) is 84.7 Å². The van der Waals surface area contributed by atoms with Crippen molar-refractivity contribution in [2.75, 3.05) is 98.3 Å². The van der Waals surface area contributed by atoms with E-state index in [1.54, 1.807) is 0 Å². The third kappa shape index (κ3) is 6.37. The van der Waals surface area contributed by atoms with Gasteiger partial charge in [0, 0.05) is 71.5 Å². The largest absolute Gasteiger partial charge is 0.379 e.